The second-order valence-electron chi connectivity index (χ2n) is 8.42. The van der Waals surface area contributed by atoms with E-state index in [0.29, 0.717) is 12.1 Å². The zero-order valence-electron chi connectivity index (χ0n) is 18.4. The maximum atomic E-state index is 13.6. The lowest BCUT2D eigenvalue weighted by Crippen LogP contribution is -2.44. The number of likely N-dealkylation sites (tertiary alicyclic amines) is 1. The topological polar surface area (TPSA) is 41.1 Å². The van der Waals surface area contributed by atoms with Crippen LogP contribution in [0.15, 0.2) is 12.4 Å². The molecule has 2 rings (SSSR count). The predicted octanol–water partition coefficient (Wildman–Crippen LogP) is 6.00. The molecule has 1 fully saturated rings. The van der Waals surface area contributed by atoms with Gasteiger partial charge >= 0.3 is 6.18 Å². The van der Waals surface area contributed by atoms with Gasteiger partial charge < -0.3 is 5.32 Å². The average Bonchev–Trinajstić information content (AvgIpc) is 2.72. The van der Waals surface area contributed by atoms with Crippen molar-refractivity contribution in [3.05, 3.63) is 23.8 Å². The van der Waals surface area contributed by atoms with Gasteiger partial charge in [0.15, 0.2) is 0 Å². The van der Waals surface area contributed by atoms with E-state index in [4.69, 9.17) is 0 Å². The van der Waals surface area contributed by atoms with E-state index in [0.717, 1.165) is 19.4 Å². The van der Waals surface area contributed by atoms with Crippen LogP contribution in [0.1, 0.15) is 88.6 Å². The Balaban J connectivity index is 1.84. The molecular formula is C22H35F5N4. The third-order valence-electron chi connectivity index (χ3n) is 5.83. The van der Waals surface area contributed by atoms with Crippen LogP contribution in [0.25, 0.3) is 0 Å². The molecule has 0 saturated carbocycles. The highest BCUT2D eigenvalue weighted by Gasteiger charge is 2.37. The summed E-state index contributed by atoms with van der Waals surface area (Å²) < 4.78 is 65.4. The molecule has 1 aliphatic heterocycles. The molecule has 1 atom stereocenters. The van der Waals surface area contributed by atoms with Crippen LogP contribution in [0.3, 0.4) is 0 Å². The fourth-order valence-electron chi connectivity index (χ4n) is 3.90. The molecule has 1 aliphatic rings. The molecule has 1 aromatic heterocycles. The number of nitrogens with one attached hydrogen (secondary N) is 1. The van der Waals surface area contributed by atoms with E-state index in [1.807, 2.05) is 4.90 Å². The van der Waals surface area contributed by atoms with Crippen molar-refractivity contribution >= 4 is 0 Å². The van der Waals surface area contributed by atoms with Crippen molar-refractivity contribution < 1.29 is 22.0 Å². The molecule has 9 heteroatoms. The zero-order valence-corrected chi connectivity index (χ0v) is 18.4. The number of hydrogen-bond acceptors (Lipinski definition) is 4. The third kappa shape index (κ3) is 9.35. The fraction of sp³-hybridized carbons (Fsp3) is 0.818. The molecule has 1 unspecified atom stereocenters. The summed E-state index contributed by atoms with van der Waals surface area (Å²) in [6.07, 6.45) is 6.93. The summed E-state index contributed by atoms with van der Waals surface area (Å²) in [7, 11) is 0. The molecule has 1 saturated heterocycles. The van der Waals surface area contributed by atoms with E-state index in [1.54, 1.807) is 0 Å². The second kappa shape index (κ2) is 12.6. The molecule has 0 aromatic carbocycles. The summed E-state index contributed by atoms with van der Waals surface area (Å²) in [6, 6.07) is -0.326. The van der Waals surface area contributed by atoms with Gasteiger partial charge in [0, 0.05) is 50.4 Å². The molecule has 0 radical (unpaired) electrons. The SMILES string of the molecule is CCCCCCCCCCNCC(c1cnc(C(F)(F)F)nc1)N1CCC(F)(F)CC1. The number of hydrogen-bond donors (Lipinski definition) is 1. The first-order chi connectivity index (χ1) is 14.7. The number of unbranched alkanes of at least 4 members (excludes halogenated alkanes) is 7. The number of nitrogens with zero attached hydrogens (tertiary/aromatic N) is 3. The molecule has 1 N–H and O–H groups in total. The van der Waals surface area contributed by atoms with Crippen molar-refractivity contribution in [2.24, 2.45) is 0 Å². The van der Waals surface area contributed by atoms with Crippen molar-refractivity contribution in [3.8, 4) is 0 Å². The first-order valence-corrected chi connectivity index (χ1v) is 11.4. The maximum absolute atomic E-state index is 13.6. The van der Waals surface area contributed by atoms with Crippen LogP contribution in [-0.4, -0.2) is 47.0 Å². The molecule has 0 bridgehead atoms. The van der Waals surface area contributed by atoms with Gasteiger partial charge in [-0.3, -0.25) is 4.90 Å². The van der Waals surface area contributed by atoms with Crippen molar-refractivity contribution in [2.75, 3.05) is 26.2 Å². The van der Waals surface area contributed by atoms with Crippen LogP contribution >= 0.6 is 0 Å². The van der Waals surface area contributed by atoms with Crippen LogP contribution < -0.4 is 5.32 Å². The van der Waals surface area contributed by atoms with E-state index in [2.05, 4.69) is 22.2 Å². The van der Waals surface area contributed by atoms with E-state index in [1.165, 1.54) is 50.9 Å². The summed E-state index contributed by atoms with van der Waals surface area (Å²) in [4.78, 5) is 8.80. The van der Waals surface area contributed by atoms with Crippen LogP contribution in [-0.2, 0) is 6.18 Å². The summed E-state index contributed by atoms with van der Waals surface area (Å²) in [5.74, 6) is -3.87. The molecule has 31 heavy (non-hydrogen) atoms. The normalized spacial score (nSPS) is 18.3. The summed E-state index contributed by atoms with van der Waals surface area (Å²) in [5, 5.41) is 3.35. The maximum Gasteiger partial charge on any atom is 0.451 e. The van der Waals surface area contributed by atoms with Gasteiger partial charge in [-0.1, -0.05) is 51.9 Å². The van der Waals surface area contributed by atoms with Gasteiger partial charge in [0.1, 0.15) is 0 Å². The highest BCUT2D eigenvalue weighted by atomic mass is 19.4. The first kappa shape index (κ1) is 25.9. The molecule has 0 aliphatic carbocycles. The van der Waals surface area contributed by atoms with E-state index >= 15 is 0 Å². The Morgan fingerprint density at radius 2 is 1.52 bits per heavy atom. The molecule has 1 aromatic rings. The summed E-state index contributed by atoms with van der Waals surface area (Å²) in [5.41, 5.74) is 0.515. The van der Waals surface area contributed by atoms with Crippen molar-refractivity contribution in [1.82, 2.24) is 20.2 Å². The number of aromatic nitrogens is 2. The number of alkyl halides is 5. The smallest absolute Gasteiger partial charge is 0.315 e. The van der Waals surface area contributed by atoms with Gasteiger partial charge in [-0.25, -0.2) is 18.7 Å². The molecular weight excluding hydrogens is 415 g/mol. The van der Waals surface area contributed by atoms with Gasteiger partial charge in [0.2, 0.25) is 5.82 Å². The number of rotatable bonds is 13. The molecule has 0 amide bonds. The van der Waals surface area contributed by atoms with Crippen LogP contribution in [0.2, 0.25) is 0 Å². The predicted molar refractivity (Wildman–Crippen MR) is 111 cm³/mol. The lowest BCUT2D eigenvalue weighted by molar-refractivity contribution is -0.145. The standard InChI is InChI=1S/C22H35F5N4/c1-2-3-4-5-6-7-8-9-12-28-17-19(31-13-10-21(23,24)11-14-31)18-15-29-20(30-16-18)22(25,26)27/h15-16,19,28H,2-14,17H2,1H3. The van der Waals surface area contributed by atoms with Crippen LogP contribution in [0.5, 0.6) is 0 Å². The minimum absolute atomic E-state index is 0.193. The van der Waals surface area contributed by atoms with Gasteiger partial charge in [-0.05, 0) is 13.0 Å². The van der Waals surface area contributed by atoms with Crippen LogP contribution in [0.4, 0.5) is 22.0 Å². The van der Waals surface area contributed by atoms with Gasteiger partial charge in [-0.15, -0.1) is 0 Å². The Morgan fingerprint density at radius 3 is 2.06 bits per heavy atom. The van der Waals surface area contributed by atoms with Crippen molar-refractivity contribution in [2.45, 2.75) is 89.3 Å². The lowest BCUT2D eigenvalue weighted by atomic mass is 10.0. The highest BCUT2D eigenvalue weighted by molar-refractivity contribution is 5.13. The Bertz CT molecular complexity index is 611. The zero-order chi connectivity index (χ0) is 22.7. The second-order valence-corrected chi connectivity index (χ2v) is 8.42. The lowest BCUT2D eigenvalue weighted by Gasteiger charge is -2.37. The van der Waals surface area contributed by atoms with E-state index < -0.39 is 17.9 Å². The fourth-order valence-corrected chi connectivity index (χ4v) is 3.90. The Hall–Kier alpha value is -1.35. The minimum atomic E-state index is -4.60. The van der Waals surface area contributed by atoms with E-state index in [9.17, 15) is 22.0 Å². The summed E-state index contributed by atoms with van der Waals surface area (Å²) >= 11 is 0. The molecule has 4 nitrogen and oxygen atoms in total. The highest BCUT2D eigenvalue weighted by Crippen LogP contribution is 2.32. The van der Waals surface area contributed by atoms with Crippen LogP contribution in [0, 0.1) is 0 Å². The Kier molecular flexibility index (Phi) is 10.6. The first-order valence-electron chi connectivity index (χ1n) is 11.4. The molecule has 178 valence electrons. The molecule has 2 heterocycles. The van der Waals surface area contributed by atoms with Crippen molar-refractivity contribution in [1.29, 1.82) is 0 Å². The average molecular weight is 451 g/mol. The van der Waals surface area contributed by atoms with Gasteiger partial charge in [0.25, 0.3) is 5.92 Å². The van der Waals surface area contributed by atoms with E-state index in [-0.39, 0.29) is 32.0 Å². The minimum Gasteiger partial charge on any atom is -0.315 e. The largest absolute Gasteiger partial charge is 0.451 e. The van der Waals surface area contributed by atoms with Crippen molar-refractivity contribution in [3.63, 3.8) is 0 Å². The van der Waals surface area contributed by atoms with Gasteiger partial charge in [0.05, 0.1) is 6.04 Å². The monoisotopic (exact) mass is 450 g/mol. The molecule has 0 spiro atoms. The Morgan fingerprint density at radius 1 is 0.968 bits per heavy atom. The number of piperidine rings is 1. The Labute approximate surface area is 182 Å². The summed E-state index contributed by atoms with van der Waals surface area (Å²) in [6.45, 7) is 3.84. The van der Waals surface area contributed by atoms with Gasteiger partial charge in [-0.2, -0.15) is 13.2 Å². The third-order valence-corrected chi connectivity index (χ3v) is 5.83. The quantitative estimate of drug-likeness (QED) is 0.296. The number of halogens is 5.